The van der Waals surface area contributed by atoms with Crippen molar-refractivity contribution in [3.8, 4) is 5.75 Å². The lowest BCUT2D eigenvalue weighted by molar-refractivity contribution is -0.134. The number of ether oxygens (including phenoxy) is 1. The maximum Gasteiger partial charge on any atom is 0.311 e. The molecule has 0 bridgehead atoms. The van der Waals surface area contributed by atoms with Gasteiger partial charge in [0.1, 0.15) is 12.0 Å². The van der Waals surface area contributed by atoms with Crippen LogP contribution in [-0.4, -0.2) is 24.0 Å². The quantitative estimate of drug-likeness (QED) is 0.481. The molecule has 0 saturated carbocycles. The van der Waals surface area contributed by atoms with Crippen LogP contribution in [0.5, 0.6) is 5.75 Å². The number of rotatable bonds is 5. The van der Waals surface area contributed by atoms with E-state index in [1.807, 2.05) is 0 Å². The van der Waals surface area contributed by atoms with E-state index in [2.05, 4.69) is 0 Å². The molecule has 1 rings (SSSR count). The highest BCUT2D eigenvalue weighted by Gasteiger charge is 2.09. The summed E-state index contributed by atoms with van der Waals surface area (Å²) in [5.41, 5.74) is 2.11. The van der Waals surface area contributed by atoms with Gasteiger partial charge in [0, 0.05) is 18.6 Å². The van der Waals surface area contributed by atoms with Gasteiger partial charge in [-0.3, -0.25) is 9.59 Å². The number of aryl methyl sites for hydroxylation is 2. The van der Waals surface area contributed by atoms with Crippen LogP contribution >= 0.6 is 0 Å². The van der Waals surface area contributed by atoms with Crippen molar-refractivity contribution in [1.82, 2.24) is 0 Å². The number of benzene rings is 1. The fourth-order valence-electron chi connectivity index (χ4n) is 1.45. The fourth-order valence-corrected chi connectivity index (χ4v) is 1.45. The highest BCUT2D eigenvalue weighted by Crippen LogP contribution is 2.22. The molecule has 4 nitrogen and oxygen atoms in total. The Bertz CT molecular complexity index is 424. The first-order valence-corrected chi connectivity index (χ1v) is 5.46. The predicted molar refractivity (Wildman–Crippen MR) is 63.3 cm³/mol. The Hall–Kier alpha value is -1.68. The number of esters is 1. The molecule has 92 valence electrons. The van der Waals surface area contributed by atoms with Gasteiger partial charge >= 0.3 is 5.97 Å². The molecule has 0 unspecified atom stereocenters. The Labute approximate surface area is 100 Å². The molecule has 0 spiro atoms. The Balaban J connectivity index is 2.81. The average molecular weight is 236 g/mol. The van der Waals surface area contributed by atoms with Crippen LogP contribution in [0.1, 0.15) is 34.3 Å². The van der Waals surface area contributed by atoms with Gasteiger partial charge in [-0.1, -0.05) is 0 Å². The van der Waals surface area contributed by atoms with Crippen LogP contribution in [0.4, 0.5) is 0 Å². The molecule has 0 aromatic heterocycles. The minimum absolute atomic E-state index is 0.0306. The zero-order valence-corrected chi connectivity index (χ0v) is 10.0. The Morgan fingerprint density at radius 3 is 2.65 bits per heavy atom. The summed E-state index contributed by atoms with van der Waals surface area (Å²) < 4.78 is 5.16. The second-order valence-electron chi connectivity index (χ2n) is 3.89. The minimum Gasteiger partial charge on any atom is -0.426 e. The number of aldehydes is 1. The molecule has 1 N–H and O–H groups in total. The van der Waals surface area contributed by atoms with Gasteiger partial charge in [0.25, 0.3) is 0 Å². The van der Waals surface area contributed by atoms with E-state index in [1.54, 1.807) is 26.0 Å². The van der Waals surface area contributed by atoms with Crippen molar-refractivity contribution >= 4 is 12.3 Å². The topological polar surface area (TPSA) is 63.6 Å². The Morgan fingerprint density at radius 1 is 1.35 bits per heavy atom. The van der Waals surface area contributed by atoms with Crippen molar-refractivity contribution in [3.63, 3.8) is 0 Å². The lowest BCUT2D eigenvalue weighted by Crippen LogP contribution is -2.09. The molecule has 17 heavy (non-hydrogen) atoms. The number of hydrogen-bond acceptors (Lipinski definition) is 4. The monoisotopic (exact) mass is 236 g/mol. The van der Waals surface area contributed by atoms with Gasteiger partial charge in [0.15, 0.2) is 0 Å². The second kappa shape index (κ2) is 6.15. The molecule has 0 aliphatic rings. The number of carbonyl (C=O) groups is 2. The van der Waals surface area contributed by atoms with Crippen LogP contribution in [0.2, 0.25) is 0 Å². The standard InChI is InChI=1S/C13H16O4/c1-9-7-12(10(2)6-11(9)8-15)17-13(16)4-3-5-14/h6-8,14H,3-5H2,1-2H3. The van der Waals surface area contributed by atoms with Gasteiger partial charge in [-0.05, 0) is 43.5 Å². The van der Waals surface area contributed by atoms with Gasteiger partial charge < -0.3 is 9.84 Å². The van der Waals surface area contributed by atoms with Crippen LogP contribution in [-0.2, 0) is 4.79 Å². The molecule has 0 saturated heterocycles. The molecule has 0 atom stereocenters. The summed E-state index contributed by atoms with van der Waals surface area (Å²) in [6.45, 7) is 3.53. The Kier molecular flexibility index (Phi) is 4.84. The van der Waals surface area contributed by atoms with Crippen molar-refractivity contribution in [2.24, 2.45) is 0 Å². The molecule has 0 aliphatic heterocycles. The van der Waals surface area contributed by atoms with Gasteiger partial charge in [-0.15, -0.1) is 0 Å². The molecule has 0 heterocycles. The predicted octanol–water partition coefficient (Wildman–Crippen LogP) is 1.79. The normalized spacial score (nSPS) is 10.1. The van der Waals surface area contributed by atoms with Crippen molar-refractivity contribution in [1.29, 1.82) is 0 Å². The largest absolute Gasteiger partial charge is 0.426 e. The molecule has 1 aromatic rings. The zero-order chi connectivity index (χ0) is 12.8. The molecule has 0 amide bonds. The third-order valence-corrected chi connectivity index (χ3v) is 2.45. The van der Waals surface area contributed by atoms with E-state index < -0.39 is 0 Å². The third kappa shape index (κ3) is 3.67. The smallest absolute Gasteiger partial charge is 0.311 e. The molecular formula is C13H16O4. The molecular weight excluding hydrogens is 220 g/mol. The number of aliphatic hydroxyl groups is 1. The van der Waals surface area contributed by atoms with E-state index in [-0.39, 0.29) is 19.0 Å². The van der Waals surface area contributed by atoms with Gasteiger partial charge in [0.2, 0.25) is 0 Å². The molecule has 0 fully saturated rings. The van der Waals surface area contributed by atoms with Crippen LogP contribution in [0, 0.1) is 13.8 Å². The summed E-state index contributed by atoms with van der Waals surface area (Å²) in [5, 5.41) is 8.60. The van der Waals surface area contributed by atoms with Gasteiger partial charge in [0.05, 0.1) is 0 Å². The van der Waals surface area contributed by atoms with E-state index >= 15 is 0 Å². The highest BCUT2D eigenvalue weighted by atomic mass is 16.5. The number of aliphatic hydroxyl groups excluding tert-OH is 1. The van der Waals surface area contributed by atoms with E-state index in [9.17, 15) is 9.59 Å². The SMILES string of the molecule is Cc1cc(OC(=O)CCCO)c(C)cc1C=O. The Morgan fingerprint density at radius 2 is 2.06 bits per heavy atom. The van der Waals surface area contributed by atoms with Crippen molar-refractivity contribution in [2.75, 3.05) is 6.61 Å². The summed E-state index contributed by atoms with van der Waals surface area (Å²) in [4.78, 5) is 22.1. The van der Waals surface area contributed by atoms with Crippen molar-refractivity contribution in [3.05, 3.63) is 28.8 Å². The van der Waals surface area contributed by atoms with Crippen LogP contribution in [0.3, 0.4) is 0 Å². The van der Waals surface area contributed by atoms with Gasteiger partial charge in [-0.2, -0.15) is 0 Å². The maximum atomic E-state index is 11.4. The van der Waals surface area contributed by atoms with Crippen LogP contribution in [0.25, 0.3) is 0 Å². The summed E-state index contributed by atoms with van der Waals surface area (Å²) in [7, 11) is 0. The van der Waals surface area contributed by atoms with Crippen LogP contribution < -0.4 is 4.74 Å². The summed E-state index contributed by atoms with van der Waals surface area (Å²) in [5.74, 6) is 0.0939. The molecule has 0 aliphatic carbocycles. The number of carbonyl (C=O) groups excluding carboxylic acids is 2. The average Bonchev–Trinajstić information content (AvgIpc) is 2.30. The lowest BCUT2D eigenvalue weighted by Gasteiger charge is -2.09. The van der Waals surface area contributed by atoms with E-state index in [1.165, 1.54) is 0 Å². The molecule has 1 aromatic carbocycles. The molecule has 4 heteroatoms. The zero-order valence-electron chi connectivity index (χ0n) is 10.0. The number of hydrogen-bond donors (Lipinski definition) is 1. The first-order chi connectivity index (χ1) is 8.08. The first-order valence-electron chi connectivity index (χ1n) is 5.46. The minimum atomic E-state index is -0.375. The highest BCUT2D eigenvalue weighted by molar-refractivity contribution is 5.79. The molecule has 0 radical (unpaired) electrons. The van der Waals surface area contributed by atoms with Gasteiger partial charge in [-0.25, -0.2) is 0 Å². The summed E-state index contributed by atoms with van der Waals surface area (Å²) in [6.07, 6.45) is 1.35. The fraction of sp³-hybridized carbons (Fsp3) is 0.385. The van der Waals surface area contributed by atoms with Crippen molar-refractivity contribution < 1.29 is 19.4 Å². The van der Waals surface area contributed by atoms with Crippen LogP contribution in [0.15, 0.2) is 12.1 Å². The van der Waals surface area contributed by atoms with E-state index in [0.29, 0.717) is 17.7 Å². The summed E-state index contributed by atoms with van der Waals surface area (Å²) in [6, 6.07) is 3.37. The van der Waals surface area contributed by atoms with E-state index in [4.69, 9.17) is 9.84 Å². The summed E-state index contributed by atoms with van der Waals surface area (Å²) >= 11 is 0. The maximum absolute atomic E-state index is 11.4. The van der Waals surface area contributed by atoms with Crippen molar-refractivity contribution in [2.45, 2.75) is 26.7 Å². The second-order valence-corrected chi connectivity index (χ2v) is 3.89. The van der Waals surface area contributed by atoms with E-state index in [0.717, 1.165) is 17.4 Å². The lowest BCUT2D eigenvalue weighted by atomic mass is 10.1. The third-order valence-electron chi connectivity index (χ3n) is 2.45. The first kappa shape index (κ1) is 13.4.